The molecule has 2 atom stereocenters. The number of benzene rings is 1. The summed E-state index contributed by atoms with van der Waals surface area (Å²) in [6, 6.07) is 8.87. The minimum atomic E-state index is -0.968. The number of hydrogen-bond acceptors (Lipinski definition) is 4. The number of hydrogen-bond donors (Lipinski definition) is 2. The Hall–Kier alpha value is -2.63. The van der Waals surface area contributed by atoms with Crippen LogP contribution < -0.4 is 10.9 Å². The Kier molecular flexibility index (Phi) is 4.14. The third kappa shape index (κ3) is 2.84. The van der Waals surface area contributed by atoms with Gasteiger partial charge in [-0.3, -0.25) is 9.36 Å². The van der Waals surface area contributed by atoms with Gasteiger partial charge in [0.05, 0.1) is 0 Å². The highest BCUT2D eigenvalue weighted by atomic mass is 16.4. The molecule has 1 aromatic heterocycles. The van der Waals surface area contributed by atoms with Crippen LogP contribution in [0.2, 0.25) is 0 Å². The first-order chi connectivity index (χ1) is 11.1. The van der Waals surface area contributed by atoms with Crippen molar-refractivity contribution in [1.82, 2.24) is 9.55 Å². The number of anilines is 1. The molecule has 0 amide bonds. The summed E-state index contributed by atoms with van der Waals surface area (Å²) in [4.78, 5) is 28.3. The van der Waals surface area contributed by atoms with Gasteiger partial charge in [-0.15, -0.1) is 0 Å². The number of nitrogens with zero attached hydrogens (tertiary/aromatic N) is 2. The van der Waals surface area contributed by atoms with E-state index >= 15 is 0 Å². The summed E-state index contributed by atoms with van der Waals surface area (Å²) in [5.74, 6) is -0.704. The lowest BCUT2D eigenvalue weighted by atomic mass is 10.00. The van der Waals surface area contributed by atoms with Gasteiger partial charge in [0.15, 0.2) is 5.82 Å². The Labute approximate surface area is 133 Å². The predicted octanol–water partition coefficient (Wildman–Crippen LogP) is 2.38. The van der Waals surface area contributed by atoms with Crippen LogP contribution in [0.25, 0.3) is 0 Å². The van der Waals surface area contributed by atoms with E-state index in [0.717, 1.165) is 17.7 Å². The van der Waals surface area contributed by atoms with Crippen molar-refractivity contribution in [2.24, 2.45) is 0 Å². The summed E-state index contributed by atoms with van der Waals surface area (Å²) in [5, 5.41) is 12.4. The van der Waals surface area contributed by atoms with Crippen molar-refractivity contribution in [3.05, 3.63) is 58.1 Å². The smallest absolute Gasteiger partial charge is 0.326 e. The standard InChI is InChI=1S/C17H19N3O3/c1-2-12-8-13(17(22)23)20-14(12)10-19-15(16(20)21)18-9-11-6-4-3-5-7-11/h3-7,10,12-13H,2,8-9H2,1H3,(H,18,19)(H,22,23). The Morgan fingerprint density at radius 3 is 2.78 bits per heavy atom. The zero-order valence-electron chi connectivity index (χ0n) is 12.9. The maximum atomic E-state index is 12.6. The van der Waals surface area contributed by atoms with Crippen LogP contribution in [0.5, 0.6) is 0 Å². The minimum absolute atomic E-state index is 0.0690. The molecule has 1 aromatic carbocycles. The van der Waals surface area contributed by atoms with E-state index in [9.17, 15) is 14.7 Å². The van der Waals surface area contributed by atoms with Gasteiger partial charge in [0.1, 0.15) is 6.04 Å². The molecular weight excluding hydrogens is 294 g/mol. The van der Waals surface area contributed by atoms with E-state index in [1.54, 1.807) is 6.20 Å². The topological polar surface area (TPSA) is 84.2 Å². The summed E-state index contributed by atoms with van der Waals surface area (Å²) < 4.78 is 1.39. The van der Waals surface area contributed by atoms with E-state index in [0.29, 0.717) is 13.0 Å². The Bertz CT molecular complexity index is 770. The van der Waals surface area contributed by atoms with E-state index in [1.165, 1.54) is 4.57 Å². The molecule has 0 fully saturated rings. The maximum absolute atomic E-state index is 12.6. The van der Waals surface area contributed by atoms with Gasteiger partial charge in [-0.1, -0.05) is 37.3 Å². The molecule has 3 rings (SSSR count). The fourth-order valence-electron chi connectivity index (χ4n) is 3.09. The quantitative estimate of drug-likeness (QED) is 0.885. The number of rotatable bonds is 5. The highest BCUT2D eigenvalue weighted by Gasteiger charge is 2.36. The van der Waals surface area contributed by atoms with Gasteiger partial charge in [-0.05, 0) is 18.4 Å². The van der Waals surface area contributed by atoms with Gasteiger partial charge in [0.25, 0.3) is 5.56 Å². The second-order valence-electron chi connectivity index (χ2n) is 5.74. The van der Waals surface area contributed by atoms with Gasteiger partial charge < -0.3 is 10.4 Å². The van der Waals surface area contributed by atoms with Crippen molar-refractivity contribution in [2.75, 3.05) is 5.32 Å². The fourth-order valence-corrected chi connectivity index (χ4v) is 3.09. The van der Waals surface area contributed by atoms with Crippen LogP contribution in [-0.2, 0) is 11.3 Å². The van der Waals surface area contributed by atoms with Crippen molar-refractivity contribution >= 4 is 11.8 Å². The van der Waals surface area contributed by atoms with Gasteiger partial charge in [0, 0.05) is 24.4 Å². The SMILES string of the molecule is CCC1CC(C(=O)O)n2c1cnc(NCc1ccccc1)c2=O. The molecule has 2 unspecified atom stereocenters. The molecule has 6 nitrogen and oxygen atoms in total. The number of carbonyl (C=O) groups is 1. The number of nitrogens with one attached hydrogen (secondary N) is 1. The van der Waals surface area contributed by atoms with E-state index in [-0.39, 0.29) is 17.3 Å². The Balaban J connectivity index is 1.91. The highest BCUT2D eigenvalue weighted by Crippen LogP contribution is 2.36. The molecule has 23 heavy (non-hydrogen) atoms. The van der Waals surface area contributed by atoms with Crippen molar-refractivity contribution in [3.8, 4) is 0 Å². The molecule has 0 aliphatic carbocycles. The minimum Gasteiger partial charge on any atom is -0.480 e. The third-order valence-corrected chi connectivity index (χ3v) is 4.34. The molecule has 1 aliphatic rings. The van der Waals surface area contributed by atoms with Crippen LogP contribution in [0.15, 0.2) is 41.3 Å². The molecule has 6 heteroatoms. The van der Waals surface area contributed by atoms with Crippen LogP contribution in [0, 0.1) is 0 Å². The first-order valence-corrected chi connectivity index (χ1v) is 7.73. The molecule has 2 aromatic rings. The Morgan fingerprint density at radius 1 is 1.39 bits per heavy atom. The first-order valence-electron chi connectivity index (χ1n) is 7.73. The fraction of sp³-hybridized carbons (Fsp3) is 0.353. The van der Waals surface area contributed by atoms with Gasteiger partial charge in [0.2, 0.25) is 0 Å². The molecule has 2 N–H and O–H groups in total. The molecule has 2 heterocycles. The second kappa shape index (κ2) is 6.24. The zero-order chi connectivity index (χ0) is 16.4. The second-order valence-corrected chi connectivity index (χ2v) is 5.74. The number of aliphatic carboxylic acids is 1. The van der Waals surface area contributed by atoms with Crippen LogP contribution in [0.4, 0.5) is 5.82 Å². The van der Waals surface area contributed by atoms with Crippen molar-refractivity contribution in [3.63, 3.8) is 0 Å². The van der Waals surface area contributed by atoms with E-state index in [2.05, 4.69) is 10.3 Å². The average molecular weight is 313 g/mol. The monoisotopic (exact) mass is 313 g/mol. The number of carboxylic acid groups (broad SMARTS) is 1. The summed E-state index contributed by atoms with van der Waals surface area (Å²) >= 11 is 0. The molecule has 0 saturated heterocycles. The van der Waals surface area contributed by atoms with Crippen molar-refractivity contribution in [2.45, 2.75) is 38.3 Å². The summed E-state index contributed by atoms with van der Waals surface area (Å²) in [7, 11) is 0. The number of carboxylic acids is 1. The molecule has 1 aliphatic heterocycles. The molecule has 120 valence electrons. The predicted molar refractivity (Wildman–Crippen MR) is 86.6 cm³/mol. The number of fused-ring (bicyclic) bond motifs is 1. The molecule has 0 spiro atoms. The molecular formula is C17H19N3O3. The summed E-state index contributed by atoms with van der Waals surface area (Å²) in [6.45, 7) is 2.46. The summed E-state index contributed by atoms with van der Waals surface area (Å²) in [6.07, 6.45) is 2.87. The lowest BCUT2D eigenvalue weighted by Gasteiger charge is -2.12. The molecule has 0 saturated carbocycles. The molecule has 0 bridgehead atoms. The van der Waals surface area contributed by atoms with Gasteiger partial charge >= 0.3 is 5.97 Å². The Morgan fingerprint density at radius 2 is 2.13 bits per heavy atom. The van der Waals surface area contributed by atoms with Gasteiger partial charge in [-0.2, -0.15) is 0 Å². The van der Waals surface area contributed by atoms with Crippen LogP contribution in [0.1, 0.15) is 43.0 Å². The van der Waals surface area contributed by atoms with E-state index in [1.807, 2.05) is 37.3 Å². The maximum Gasteiger partial charge on any atom is 0.326 e. The molecule has 0 radical (unpaired) electrons. The van der Waals surface area contributed by atoms with Gasteiger partial charge in [-0.25, -0.2) is 9.78 Å². The lowest BCUT2D eigenvalue weighted by Crippen LogP contribution is -2.30. The number of aromatic nitrogens is 2. The average Bonchev–Trinajstić information content (AvgIpc) is 2.95. The van der Waals surface area contributed by atoms with Crippen LogP contribution in [0.3, 0.4) is 0 Å². The summed E-state index contributed by atoms with van der Waals surface area (Å²) in [5.41, 5.74) is 1.39. The van der Waals surface area contributed by atoms with Crippen LogP contribution in [-0.4, -0.2) is 20.6 Å². The third-order valence-electron chi connectivity index (χ3n) is 4.34. The normalized spacial score (nSPS) is 19.3. The zero-order valence-corrected chi connectivity index (χ0v) is 12.9. The van der Waals surface area contributed by atoms with Crippen LogP contribution >= 0.6 is 0 Å². The highest BCUT2D eigenvalue weighted by molar-refractivity contribution is 5.73. The largest absolute Gasteiger partial charge is 0.480 e. The first kappa shape index (κ1) is 15.3. The van der Waals surface area contributed by atoms with Crippen molar-refractivity contribution in [1.29, 1.82) is 0 Å². The van der Waals surface area contributed by atoms with Crippen molar-refractivity contribution < 1.29 is 9.90 Å². The van der Waals surface area contributed by atoms with E-state index in [4.69, 9.17) is 0 Å². The lowest BCUT2D eigenvalue weighted by molar-refractivity contribution is -0.140. The van der Waals surface area contributed by atoms with E-state index < -0.39 is 12.0 Å².